The molecule has 1 rings (SSSR count). The lowest BCUT2D eigenvalue weighted by atomic mass is 9.98. The molecule has 0 aliphatic rings. The summed E-state index contributed by atoms with van der Waals surface area (Å²) >= 11 is 0. The Hall–Kier alpha value is -2.34. The van der Waals surface area contributed by atoms with E-state index in [-0.39, 0.29) is 0 Å². The molecule has 1 aromatic rings. The van der Waals surface area contributed by atoms with Gasteiger partial charge in [-0.2, -0.15) is 0 Å². The van der Waals surface area contributed by atoms with Gasteiger partial charge in [0.15, 0.2) is 0 Å². The summed E-state index contributed by atoms with van der Waals surface area (Å²) in [7, 11) is 0. The SMILES string of the molecule is C=CCNCCCCOc1ccccc1C(C)CC.O=C(O)C(=O)O. The van der Waals surface area contributed by atoms with E-state index in [0.29, 0.717) is 5.92 Å². The Morgan fingerprint density at radius 2 is 1.88 bits per heavy atom. The molecule has 0 bridgehead atoms. The monoisotopic (exact) mass is 351 g/mol. The van der Waals surface area contributed by atoms with Crippen molar-refractivity contribution in [1.82, 2.24) is 5.32 Å². The van der Waals surface area contributed by atoms with Crippen LogP contribution in [0.4, 0.5) is 0 Å². The molecule has 0 radical (unpaired) electrons. The van der Waals surface area contributed by atoms with Gasteiger partial charge in [-0.05, 0) is 43.4 Å². The summed E-state index contributed by atoms with van der Waals surface area (Å²) in [4.78, 5) is 18.2. The molecule has 0 aliphatic carbocycles. The number of benzene rings is 1. The van der Waals surface area contributed by atoms with E-state index in [2.05, 4.69) is 43.9 Å². The van der Waals surface area contributed by atoms with Crippen LogP contribution in [-0.4, -0.2) is 41.8 Å². The molecule has 0 spiro atoms. The number of ether oxygens (including phenoxy) is 1. The van der Waals surface area contributed by atoms with Gasteiger partial charge in [0.2, 0.25) is 0 Å². The van der Waals surface area contributed by atoms with E-state index in [9.17, 15) is 0 Å². The van der Waals surface area contributed by atoms with Gasteiger partial charge < -0.3 is 20.3 Å². The van der Waals surface area contributed by atoms with Gasteiger partial charge in [-0.3, -0.25) is 0 Å². The van der Waals surface area contributed by atoms with E-state index in [1.807, 2.05) is 12.1 Å². The Bertz CT molecular complexity index is 518. The third-order valence-corrected chi connectivity index (χ3v) is 3.54. The van der Waals surface area contributed by atoms with E-state index in [1.165, 1.54) is 5.56 Å². The van der Waals surface area contributed by atoms with E-state index in [4.69, 9.17) is 24.5 Å². The number of nitrogens with one attached hydrogen (secondary N) is 1. The van der Waals surface area contributed by atoms with Gasteiger partial charge in [0, 0.05) is 6.54 Å². The van der Waals surface area contributed by atoms with Crippen LogP contribution < -0.4 is 10.1 Å². The molecular weight excluding hydrogens is 322 g/mol. The second-order valence-corrected chi connectivity index (χ2v) is 5.51. The van der Waals surface area contributed by atoms with Crippen LogP contribution in [0.2, 0.25) is 0 Å². The van der Waals surface area contributed by atoms with E-state index in [0.717, 1.165) is 44.7 Å². The Morgan fingerprint density at radius 3 is 2.44 bits per heavy atom. The van der Waals surface area contributed by atoms with Crippen molar-refractivity contribution in [3.63, 3.8) is 0 Å². The quantitative estimate of drug-likeness (QED) is 0.340. The summed E-state index contributed by atoms with van der Waals surface area (Å²) < 4.78 is 5.92. The molecule has 140 valence electrons. The molecule has 0 heterocycles. The first-order valence-corrected chi connectivity index (χ1v) is 8.43. The summed E-state index contributed by atoms with van der Waals surface area (Å²) in [6.45, 7) is 10.9. The van der Waals surface area contributed by atoms with Crippen LogP contribution in [0.15, 0.2) is 36.9 Å². The zero-order valence-electron chi connectivity index (χ0n) is 15.0. The minimum Gasteiger partial charge on any atom is -0.493 e. The topological polar surface area (TPSA) is 95.9 Å². The molecule has 25 heavy (non-hydrogen) atoms. The molecule has 0 amide bonds. The molecule has 1 unspecified atom stereocenters. The second kappa shape index (κ2) is 14.0. The molecule has 0 aliphatic heterocycles. The molecule has 3 N–H and O–H groups in total. The fourth-order valence-corrected chi connectivity index (χ4v) is 1.98. The predicted molar refractivity (Wildman–Crippen MR) is 98.2 cm³/mol. The molecule has 1 aromatic carbocycles. The molecule has 0 fully saturated rings. The standard InChI is InChI=1S/C17H27NO.C2H2O4/c1-4-12-18-13-8-9-14-19-17-11-7-6-10-16(17)15(3)5-2;3-1(4)2(5)6/h4,6-7,10-11,15,18H,1,5,8-9,12-14H2,2-3H3;(H,3,4)(H,5,6). The summed E-state index contributed by atoms with van der Waals surface area (Å²) in [6.07, 6.45) is 5.25. The lowest BCUT2D eigenvalue weighted by Crippen LogP contribution is -2.15. The highest BCUT2D eigenvalue weighted by molar-refractivity contribution is 6.27. The number of hydrogen-bond donors (Lipinski definition) is 3. The van der Waals surface area contributed by atoms with Gasteiger partial charge in [-0.1, -0.05) is 38.1 Å². The molecule has 6 nitrogen and oxygen atoms in total. The van der Waals surface area contributed by atoms with Gasteiger partial charge in [0.05, 0.1) is 6.61 Å². The van der Waals surface area contributed by atoms with Gasteiger partial charge in [0.1, 0.15) is 5.75 Å². The Labute approximate surface area is 149 Å². The van der Waals surface area contributed by atoms with E-state index in [1.54, 1.807) is 0 Å². The van der Waals surface area contributed by atoms with Crippen molar-refractivity contribution < 1.29 is 24.5 Å². The number of carbonyl (C=O) groups is 2. The van der Waals surface area contributed by atoms with Crippen molar-refractivity contribution in [2.24, 2.45) is 0 Å². The lowest BCUT2D eigenvalue weighted by molar-refractivity contribution is -0.159. The Morgan fingerprint density at radius 1 is 1.24 bits per heavy atom. The van der Waals surface area contributed by atoms with Crippen molar-refractivity contribution in [2.45, 2.75) is 39.0 Å². The van der Waals surface area contributed by atoms with Crippen molar-refractivity contribution in [3.05, 3.63) is 42.5 Å². The second-order valence-electron chi connectivity index (χ2n) is 5.51. The molecular formula is C19H29NO5. The van der Waals surface area contributed by atoms with Crippen LogP contribution in [-0.2, 0) is 9.59 Å². The Kier molecular flexibility index (Phi) is 12.7. The van der Waals surface area contributed by atoms with Crippen molar-refractivity contribution in [2.75, 3.05) is 19.7 Å². The van der Waals surface area contributed by atoms with Crippen LogP contribution in [0.25, 0.3) is 0 Å². The number of carboxylic acids is 2. The summed E-state index contributed by atoms with van der Waals surface area (Å²) in [5.41, 5.74) is 1.33. The summed E-state index contributed by atoms with van der Waals surface area (Å²) in [6, 6.07) is 8.40. The van der Waals surface area contributed by atoms with E-state index >= 15 is 0 Å². The van der Waals surface area contributed by atoms with Crippen LogP contribution in [0.1, 0.15) is 44.6 Å². The van der Waals surface area contributed by atoms with Crippen molar-refractivity contribution in [1.29, 1.82) is 0 Å². The van der Waals surface area contributed by atoms with Gasteiger partial charge in [0.25, 0.3) is 0 Å². The minimum absolute atomic E-state index is 0.561. The maximum Gasteiger partial charge on any atom is 0.414 e. The maximum absolute atomic E-state index is 9.10. The first-order valence-electron chi connectivity index (χ1n) is 8.43. The number of carboxylic acid groups (broad SMARTS) is 2. The zero-order valence-corrected chi connectivity index (χ0v) is 15.0. The summed E-state index contributed by atoms with van der Waals surface area (Å²) in [5, 5.41) is 18.1. The number of para-hydroxylation sites is 1. The maximum atomic E-state index is 9.10. The van der Waals surface area contributed by atoms with Crippen LogP contribution >= 0.6 is 0 Å². The summed E-state index contributed by atoms with van der Waals surface area (Å²) in [5.74, 6) is -2.04. The highest BCUT2D eigenvalue weighted by Gasteiger charge is 2.08. The van der Waals surface area contributed by atoms with Gasteiger partial charge in [-0.25, -0.2) is 9.59 Å². The number of unbranched alkanes of at least 4 members (excludes halogenated alkanes) is 1. The molecule has 0 saturated carbocycles. The molecule has 1 atom stereocenters. The molecule has 6 heteroatoms. The van der Waals surface area contributed by atoms with Gasteiger partial charge >= 0.3 is 11.9 Å². The predicted octanol–water partition coefficient (Wildman–Crippen LogP) is 3.29. The van der Waals surface area contributed by atoms with E-state index < -0.39 is 11.9 Å². The molecule has 0 aromatic heterocycles. The molecule has 0 saturated heterocycles. The number of hydrogen-bond acceptors (Lipinski definition) is 4. The smallest absolute Gasteiger partial charge is 0.414 e. The highest BCUT2D eigenvalue weighted by Crippen LogP contribution is 2.28. The van der Waals surface area contributed by atoms with Gasteiger partial charge in [-0.15, -0.1) is 6.58 Å². The van der Waals surface area contributed by atoms with Crippen LogP contribution in [0.5, 0.6) is 5.75 Å². The van der Waals surface area contributed by atoms with Crippen LogP contribution in [0.3, 0.4) is 0 Å². The normalized spacial score (nSPS) is 11.0. The minimum atomic E-state index is -1.82. The fourth-order valence-electron chi connectivity index (χ4n) is 1.98. The first-order chi connectivity index (χ1) is 11.9. The number of rotatable bonds is 10. The average molecular weight is 351 g/mol. The Balaban J connectivity index is 0.000000823. The zero-order chi connectivity index (χ0) is 19.1. The number of aliphatic carboxylic acids is 2. The van der Waals surface area contributed by atoms with Crippen molar-refractivity contribution >= 4 is 11.9 Å². The third kappa shape index (κ3) is 10.9. The average Bonchev–Trinajstić information content (AvgIpc) is 2.61. The fraction of sp³-hybridized carbons (Fsp3) is 0.474. The lowest BCUT2D eigenvalue weighted by Gasteiger charge is -2.15. The van der Waals surface area contributed by atoms with Crippen molar-refractivity contribution in [3.8, 4) is 5.75 Å². The largest absolute Gasteiger partial charge is 0.493 e. The first kappa shape index (κ1) is 22.7. The van der Waals surface area contributed by atoms with Crippen LogP contribution in [0, 0.1) is 0 Å². The third-order valence-electron chi connectivity index (χ3n) is 3.54. The highest BCUT2D eigenvalue weighted by atomic mass is 16.5.